The Morgan fingerprint density at radius 1 is 1.14 bits per heavy atom. The van der Waals surface area contributed by atoms with E-state index >= 15 is 0 Å². The number of aliphatic hydroxyl groups is 1. The van der Waals surface area contributed by atoms with Gasteiger partial charge in [-0.05, 0) is 49.8 Å². The Balaban J connectivity index is 0.000000488. The van der Waals surface area contributed by atoms with Crippen molar-refractivity contribution in [3.8, 4) is 0 Å². The van der Waals surface area contributed by atoms with Crippen LogP contribution in [-0.2, 0) is 4.79 Å². The molecule has 1 aromatic rings. The molecule has 5 heteroatoms. The fourth-order valence-electron chi connectivity index (χ4n) is 3.88. The molecule has 168 valence electrons. The van der Waals surface area contributed by atoms with E-state index in [1.807, 2.05) is 27.0 Å². The van der Waals surface area contributed by atoms with Gasteiger partial charge in [-0.1, -0.05) is 52.5 Å². The van der Waals surface area contributed by atoms with Crippen molar-refractivity contribution >= 4 is 12.1 Å². The van der Waals surface area contributed by atoms with Crippen LogP contribution in [0.5, 0.6) is 0 Å². The molecule has 1 N–H and O–H groups in total. The number of nitrogens with zero attached hydrogens (tertiary/aromatic N) is 2. The molecule has 0 aromatic heterocycles. The minimum Gasteiger partial charge on any atom is -0.400 e. The first-order valence-electron chi connectivity index (χ1n) is 11.3. The van der Waals surface area contributed by atoms with Crippen LogP contribution in [0.3, 0.4) is 0 Å². The summed E-state index contributed by atoms with van der Waals surface area (Å²) < 4.78 is 13.1. The fraction of sp³-hybridized carbons (Fsp3) is 0.708. The Hall–Kier alpha value is -1.62. The molecule has 0 radical (unpaired) electrons. The highest BCUT2D eigenvalue weighted by Gasteiger charge is 2.18. The lowest BCUT2D eigenvalue weighted by Gasteiger charge is -2.34. The topological polar surface area (TPSA) is 43.8 Å². The SMILES string of the molecule is CC.CCC1CCCN(c2cccc(F)c2)C1.CN(C=O)C1CCCCC1.CO. The van der Waals surface area contributed by atoms with Crippen LogP contribution < -0.4 is 4.90 Å². The van der Waals surface area contributed by atoms with Gasteiger partial charge in [-0.25, -0.2) is 4.39 Å². The monoisotopic (exact) mass is 410 g/mol. The van der Waals surface area contributed by atoms with Gasteiger partial charge in [0, 0.05) is 39.0 Å². The number of rotatable bonds is 4. The van der Waals surface area contributed by atoms with Crippen LogP contribution in [0.15, 0.2) is 24.3 Å². The number of benzene rings is 1. The minimum atomic E-state index is -0.133. The van der Waals surface area contributed by atoms with Crippen LogP contribution in [0.25, 0.3) is 0 Å². The third-order valence-electron chi connectivity index (χ3n) is 5.59. The Labute approximate surface area is 178 Å². The Morgan fingerprint density at radius 2 is 1.79 bits per heavy atom. The molecule has 3 rings (SSSR count). The number of carbonyl (C=O) groups is 1. The van der Waals surface area contributed by atoms with Gasteiger partial charge in [-0.3, -0.25) is 4.79 Å². The second-order valence-corrected chi connectivity index (χ2v) is 7.41. The molecule has 1 amide bonds. The molecule has 1 saturated carbocycles. The number of piperidine rings is 1. The maximum atomic E-state index is 13.1. The highest BCUT2D eigenvalue weighted by atomic mass is 19.1. The van der Waals surface area contributed by atoms with Gasteiger partial charge in [0.1, 0.15) is 5.82 Å². The normalized spacial score (nSPS) is 18.7. The van der Waals surface area contributed by atoms with Gasteiger partial charge in [-0.15, -0.1) is 0 Å². The summed E-state index contributed by atoms with van der Waals surface area (Å²) in [5.41, 5.74) is 1.04. The van der Waals surface area contributed by atoms with E-state index in [1.165, 1.54) is 57.4 Å². The summed E-state index contributed by atoms with van der Waals surface area (Å²) in [4.78, 5) is 14.4. The highest BCUT2D eigenvalue weighted by molar-refractivity contribution is 5.47. The Bertz CT molecular complexity index is 521. The predicted octanol–water partition coefficient (Wildman–Crippen LogP) is 5.49. The van der Waals surface area contributed by atoms with Crippen LogP contribution >= 0.6 is 0 Å². The third-order valence-corrected chi connectivity index (χ3v) is 5.59. The van der Waals surface area contributed by atoms with Crippen LogP contribution in [-0.4, -0.2) is 49.7 Å². The fourth-order valence-corrected chi connectivity index (χ4v) is 3.88. The van der Waals surface area contributed by atoms with Crippen molar-refractivity contribution in [1.82, 2.24) is 4.90 Å². The van der Waals surface area contributed by atoms with E-state index in [2.05, 4.69) is 11.8 Å². The lowest BCUT2D eigenvalue weighted by molar-refractivity contribution is -0.119. The van der Waals surface area contributed by atoms with Crippen molar-refractivity contribution in [2.45, 2.75) is 78.2 Å². The van der Waals surface area contributed by atoms with Crippen LogP contribution in [0.1, 0.15) is 72.1 Å². The number of hydrogen-bond donors (Lipinski definition) is 1. The first-order valence-corrected chi connectivity index (χ1v) is 11.3. The molecule has 2 fully saturated rings. The van der Waals surface area contributed by atoms with Crippen molar-refractivity contribution in [1.29, 1.82) is 0 Å². The van der Waals surface area contributed by atoms with Crippen molar-refractivity contribution in [2.24, 2.45) is 5.92 Å². The molecule has 1 heterocycles. The van der Waals surface area contributed by atoms with E-state index in [4.69, 9.17) is 5.11 Å². The van der Waals surface area contributed by atoms with Gasteiger partial charge >= 0.3 is 0 Å². The second-order valence-electron chi connectivity index (χ2n) is 7.41. The Morgan fingerprint density at radius 3 is 2.34 bits per heavy atom. The van der Waals surface area contributed by atoms with E-state index in [1.54, 1.807) is 17.0 Å². The molecule has 0 bridgehead atoms. The molecule has 1 atom stereocenters. The van der Waals surface area contributed by atoms with E-state index < -0.39 is 0 Å². The molecule has 1 aliphatic carbocycles. The lowest BCUT2D eigenvalue weighted by atomic mass is 9.95. The van der Waals surface area contributed by atoms with Crippen molar-refractivity contribution < 1.29 is 14.3 Å². The molecule has 2 aliphatic rings. The summed E-state index contributed by atoms with van der Waals surface area (Å²) in [6, 6.07) is 7.47. The maximum absolute atomic E-state index is 13.1. The smallest absolute Gasteiger partial charge is 0.209 e. The first kappa shape index (κ1) is 27.4. The van der Waals surface area contributed by atoms with Crippen LogP contribution in [0, 0.1) is 11.7 Å². The largest absolute Gasteiger partial charge is 0.400 e. The molecular formula is C24H43FN2O2. The number of hydrogen-bond acceptors (Lipinski definition) is 3. The highest BCUT2D eigenvalue weighted by Crippen LogP contribution is 2.25. The number of halogens is 1. The van der Waals surface area contributed by atoms with Gasteiger partial charge in [0.2, 0.25) is 6.41 Å². The van der Waals surface area contributed by atoms with Crippen molar-refractivity contribution in [3.05, 3.63) is 30.1 Å². The molecular weight excluding hydrogens is 367 g/mol. The average molecular weight is 411 g/mol. The molecule has 1 aromatic carbocycles. The third kappa shape index (κ3) is 10.6. The zero-order chi connectivity index (χ0) is 22.1. The average Bonchev–Trinajstić information content (AvgIpc) is 2.82. The van der Waals surface area contributed by atoms with E-state index in [0.29, 0.717) is 6.04 Å². The minimum absolute atomic E-state index is 0.133. The molecule has 1 aliphatic heterocycles. The zero-order valence-electron chi connectivity index (χ0n) is 19.2. The predicted molar refractivity (Wildman–Crippen MR) is 122 cm³/mol. The number of aliphatic hydroxyl groups excluding tert-OH is 1. The standard InChI is InChI=1S/C13H18FN.C8H15NO.C2H6.CH4O/c1-2-11-5-4-8-15(10-11)13-7-3-6-12(14)9-13;1-9(7-10)8-5-3-2-4-6-8;2*1-2/h3,6-7,9,11H,2,4-5,8,10H2,1H3;7-8H,2-6H2,1H3;1-2H3;2H,1H3. The molecule has 0 spiro atoms. The second kappa shape index (κ2) is 17.3. The number of amides is 1. The summed E-state index contributed by atoms with van der Waals surface area (Å²) in [6.45, 7) is 8.39. The number of carbonyl (C=O) groups excluding carboxylic acids is 1. The van der Waals surface area contributed by atoms with Crippen molar-refractivity contribution in [2.75, 3.05) is 32.1 Å². The summed E-state index contributed by atoms with van der Waals surface area (Å²) in [5, 5.41) is 7.00. The van der Waals surface area contributed by atoms with E-state index in [9.17, 15) is 9.18 Å². The zero-order valence-corrected chi connectivity index (χ0v) is 19.2. The number of anilines is 1. The van der Waals surface area contributed by atoms with Gasteiger partial charge in [0.25, 0.3) is 0 Å². The molecule has 1 unspecified atom stereocenters. The molecule has 29 heavy (non-hydrogen) atoms. The maximum Gasteiger partial charge on any atom is 0.209 e. The van der Waals surface area contributed by atoms with Crippen LogP contribution in [0.2, 0.25) is 0 Å². The summed E-state index contributed by atoms with van der Waals surface area (Å²) >= 11 is 0. The van der Waals surface area contributed by atoms with Gasteiger partial charge < -0.3 is 14.9 Å². The van der Waals surface area contributed by atoms with Crippen LogP contribution in [0.4, 0.5) is 10.1 Å². The van der Waals surface area contributed by atoms with Gasteiger partial charge in [-0.2, -0.15) is 0 Å². The summed E-state index contributed by atoms with van der Waals surface area (Å²) in [7, 11) is 2.88. The lowest BCUT2D eigenvalue weighted by Crippen LogP contribution is -2.35. The summed E-state index contributed by atoms with van der Waals surface area (Å²) in [5.74, 6) is 0.646. The summed E-state index contributed by atoms with van der Waals surface area (Å²) in [6.07, 6.45) is 11.1. The molecule has 1 saturated heterocycles. The first-order chi connectivity index (χ1) is 14.1. The van der Waals surface area contributed by atoms with Crippen molar-refractivity contribution in [3.63, 3.8) is 0 Å². The van der Waals surface area contributed by atoms with E-state index in [-0.39, 0.29) is 5.82 Å². The van der Waals surface area contributed by atoms with Gasteiger partial charge in [0.15, 0.2) is 0 Å². The Kier molecular flexibility index (Phi) is 16.3. The molecule has 4 nitrogen and oxygen atoms in total. The quantitative estimate of drug-likeness (QED) is 0.667. The van der Waals surface area contributed by atoms with E-state index in [0.717, 1.165) is 38.2 Å². The van der Waals surface area contributed by atoms with Gasteiger partial charge in [0.05, 0.1) is 0 Å².